The molecule has 0 aliphatic heterocycles. The molecular weight excluding hydrogens is 264 g/mol. The highest BCUT2D eigenvalue weighted by Crippen LogP contribution is 2.18. The predicted molar refractivity (Wildman–Crippen MR) is 81.9 cm³/mol. The molecule has 2 aromatic rings. The Labute approximate surface area is 123 Å². The van der Waals surface area contributed by atoms with Crippen LogP contribution in [0.25, 0.3) is 10.8 Å². The van der Waals surface area contributed by atoms with Crippen LogP contribution in [0.15, 0.2) is 60.3 Å². The van der Waals surface area contributed by atoms with Crippen LogP contribution in [0.4, 0.5) is 0 Å². The SMILES string of the molecule is C=C=C(Cc1ccc2ccccc2c1)C(=O)COC(C)=O. The summed E-state index contributed by atoms with van der Waals surface area (Å²) >= 11 is 0. The molecule has 21 heavy (non-hydrogen) atoms. The van der Waals surface area contributed by atoms with Gasteiger partial charge in [0.25, 0.3) is 0 Å². The standard InChI is InChI=1S/C18H16O3/c1-3-15(18(20)12-21-13(2)19)10-14-8-9-16-6-4-5-7-17(16)11-14/h4-9,11H,1,10,12H2,2H3. The van der Waals surface area contributed by atoms with Crippen molar-refractivity contribution in [3.05, 3.63) is 65.9 Å². The van der Waals surface area contributed by atoms with E-state index in [2.05, 4.69) is 12.3 Å². The van der Waals surface area contributed by atoms with Crippen molar-refractivity contribution in [3.63, 3.8) is 0 Å². The molecule has 0 atom stereocenters. The molecule has 0 aliphatic rings. The van der Waals surface area contributed by atoms with Crippen LogP contribution in [0.5, 0.6) is 0 Å². The number of hydrogen-bond acceptors (Lipinski definition) is 3. The fourth-order valence-corrected chi connectivity index (χ4v) is 2.07. The minimum absolute atomic E-state index is 0.263. The first-order chi connectivity index (χ1) is 10.1. The van der Waals surface area contributed by atoms with Gasteiger partial charge in [-0.2, -0.15) is 0 Å². The van der Waals surface area contributed by atoms with E-state index in [0.29, 0.717) is 12.0 Å². The van der Waals surface area contributed by atoms with Gasteiger partial charge in [0.15, 0.2) is 6.61 Å². The molecule has 0 spiro atoms. The van der Waals surface area contributed by atoms with Gasteiger partial charge in [-0.15, -0.1) is 5.73 Å². The van der Waals surface area contributed by atoms with Crippen LogP contribution in [-0.4, -0.2) is 18.4 Å². The maximum atomic E-state index is 11.9. The number of ketones is 1. The topological polar surface area (TPSA) is 43.4 Å². The van der Waals surface area contributed by atoms with Gasteiger partial charge in [-0.1, -0.05) is 49.0 Å². The summed E-state index contributed by atoms with van der Waals surface area (Å²) in [5.74, 6) is -0.745. The zero-order valence-corrected chi connectivity index (χ0v) is 11.9. The smallest absolute Gasteiger partial charge is 0.303 e. The number of Topliss-reactive ketones (excluding diaryl/α,β-unsaturated/α-hetero) is 1. The summed E-state index contributed by atoms with van der Waals surface area (Å²) < 4.78 is 4.72. The number of ether oxygens (including phenoxy) is 1. The fraction of sp³-hybridized carbons (Fsp3) is 0.167. The highest BCUT2D eigenvalue weighted by Gasteiger charge is 2.11. The van der Waals surface area contributed by atoms with E-state index in [1.54, 1.807) is 0 Å². The Kier molecular flexibility index (Phi) is 4.70. The van der Waals surface area contributed by atoms with Crippen molar-refractivity contribution in [3.8, 4) is 0 Å². The van der Waals surface area contributed by atoms with Crippen molar-refractivity contribution < 1.29 is 14.3 Å². The van der Waals surface area contributed by atoms with Gasteiger partial charge < -0.3 is 4.74 Å². The largest absolute Gasteiger partial charge is 0.457 e. The normalized spacial score (nSPS) is 9.95. The molecule has 0 radical (unpaired) electrons. The Morgan fingerprint density at radius 3 is 2.52 bits per heavy atom. The first-order valence-electron chi connectivity index (χ1n) is 6.63. The van der Waals surface area contributed by atoms with Gasteiger partial charge >= 0.3 is 5.97 Å². The summed E-state index contributed by atoms with van der Waals surface area (Å²) in [4.78, 5) is 22.7. The van der Waals surface area contributed by atoms with Crippen molar-refractivity contribution >= 4 is 22.5 Å². The van der Waals surface area contributed by atoms with Crippen LogP contribution in [0.3, 0.4) is 0 Å². The first kappa shape index (κ1) is 14.8. The van der Waals surface area contributed by atoms with E-state index in [4.69, 9.17) is 4.74 Å². The van der Waals surface area contributed by atoms with Crippen LogP contribution in [0.2, 0.25) is 0 Å². The molecule has 0 aliphatic carbocycles. The second-order valence-corrected chi connectivity index (χ2v) is 4.72. The zero-order chi connectivity index (χ0) is 15.2. The summed E-state index contributed by atoms with van der Waals surface area (Å²) in [6.07, 6.45) is 0.425. The second kappa shape index (κ2) is 6.69. The minimum atomic E-state index is -0.475. The van der Waals surface area contributed by atoms with Crippen molar-refractivity contribution in [1.29, 1.82) is 0 Å². The summed E-state index contributed by atoms with van der Waals surface area (Å²) in [6.45, 7) is 4.55. The first-order valence-corrected chi connectivity index (χ1v) is 6.63. The number of carbonyl (C=O) groups is 2. The third-order valence-corrected chi connectivity index (χ3v) is 3.15. The molecule has 0 aromatic heterocycles. The lowest BCUT2D eigenvalue weighted by molar-refractivity contribution is -0.144. The second-order valence-electron chi connectivity index (χ2n) is 4.72. The monoisotopic (exact) mass is 280 g/mol. The molecule has 2 aromatic carbocycles. The molecule has 106 valence electrons. The Morgan fingerprint density at radius 2 is 1.86 bits per heavy atom. The Morgan fingerprint density at radius 1 is 1.14 bits per heavy atom. The van der Waals surface area contributed by atoms with E-state index < -0.39 is 5.97 Å². The van der Waals surface area contributed by atoms with Crippen LogP contribution in [0.1, 0.15) is 12.5 Å². The van der Waals surface area contributed by atoms with Crippen LogP contribution in [-0.2, 0) is 20.7 Å². The predicted octanol–water partition coefficient (Wildman–Crippen LogP) is 3.23. The maximum Gasteiger partial charge on any atom is 0.303 e. The van der Waals surface area contributed by atoms with Crippen molar-refractivity contribution in [1.82, 2.24) is 0 Å². The lowest BCUT2D eigenvalue weighted by atomic mass is 10.00. The average Bonchev–Trinajstić information content (AvgIpc) is 2.50. The van der Waals surface area contributed by atoms with Crippen molar-refractivity contribution in [2.45, 2.75) is 13.3 Å². The highest BCUT2D eigenvalue weighted by molar-refractivity contribution is 5.97. The molecule has 0 amide bonds. The van der Waals surface area contributed by atoms with Crippen LogP contribution < -0.4 is 0 Å². The van der Waals surface area contributed by atoms with Crippen LogP contribution in [0, 0.1) is 0 Å². The van der Waals surface area contributed by atoms with Gasteiger partial charge in [-0.3, -0.25) is 9.59 Å². The Balaban J connectivity index is 2.15. The molecule has 0 saturated carbocycles. The molecule has 0 fully saturated rings. The third kappa shape index (κ3) is 3.91. The summed E-state index contributed by atoms with van der Waals surface area (Å²) in [6, 6.07) is 14.0. The molecule has 0 unspecified atom stereocenters. The van der Waals surface area contributed by atoms with E-state index >= 15 is 0 Å². The number of hydrogen-bond donors (Lipinski definition) is 0. The van der Waals surface area contributed by atoms with E-state index in [9.17, 15) is 9.59 Å². The van der Waals surface area contributed by atoms with E-state index in [0.717, 1.165) is 16.3 Å². The number of fused-ring (bicyclic) bond motifs is 1. The van der Waals surface area contributed by atoms with Gasteiger partial charge in [0.1, 0.15) is 0 Å². The zero-order valence-electron chi connectivity index (χ0n) is 11.9. The van der Waals surface area contributed by atoms with Gasteiger partial charge in [0.2, 0.25) is 5.78 Å². The number of benzene rings is 2. The highest BCUT2D eigenvalue weighted by atomic mass is 16.5. The molecule has 0 N–H and O–H groups in total. The molecule has 2 rings (SSSR count). The van der Waals surface area contributed by atoms with E-state index in [1.165, 1.54) is 6.92 Å². The number of rotatable bonds is 5. The fourth-order valence-electron chi connectivity index (χ4n) is 2.07. The molecule has 0 saturated heterocycles. The molecule has 0 bridgehead atoms. The third-order valence-electron chi connectivity index (χ3n) is 3.15. The lowest BCUT2D eigenvalue weighted by Gasteiger charge is -2.06. The number of esters is 1. The summed E-state index contributed by atoms with van der Waals surface area (Å²) in [5, 5.41) is 2.27. The lowest BCUT2D eigenvalue weighted by Crippen LogP contribution is -2.14. The summed E-state index contributed by atoms with van der Waals surface area (Å²) in [5.41, 5.74) is 4.07. The minimum Gasteiger partial charge on any atom is -0.457 e. The maximum absolute atomic E-state index is 11.9. The average molecular weight is 280 g/mol. The van der Waals surface area contributed by atoms with E-state index in [-0.39, 0.29) is 12.4 Å². The van der Waals surface area contributed by atoms with Crippen molar-refractivity contribution in [2.24, 2.45) is 0 Å². The quantitative estimate of drug-likeness (QED) is 0.480. The molecule has 3 nitrogen and oxygen atoms in total. The van der Waals surface area contributed by atoms with E-state index in [1.807, 2.05) is 42.5 Å². The Hall–Kier alpha value is -2.64. The van der Waals surface area contributed by atoms with Gasteiger partial charge in [0, 0.05) is 18.9 Å². The van der Waals surface area contributed by atoms with Gasteiger partial charge in [-0.05, 0) is 16.3 Å². The van der Waals surface area contributed by atoms with Gasteiger partial charge in [0.05, 0.1) is 0 Å². The summed E-state index contributed by atoms with van der Waals surface area (Å²) in [7, 11) is 0. The number of carbonyl (C=O) groups excluding carboxylic acids is 2. The van der Waals surface area contributed by atoms with Gasteiger partial charge in [-0.25, -0.2) is 0 Å². The Bertz CT molecular complexity index is 737. The van der Waals surface area contributed by atoms with Crippen molar-refractivity contribution in [2.75, 3.05) is 6.61 Å². The molecule has 0 heterocycles. The van der Waals surface area contributed by atoms with Crippen LogP contribution >= 0.6 is 0 Å². The molecular formula is C18H16O3. The molecule has 3 heteroatoms.